The van der Waals surface area contributed by atoms with E-state index < -0.39 is 11.8 Å². The van der Waals surface area contributed by atoms with Crippen molar-refractivity contribution in [3.63, 3.8) is 0 Å². The lowest BCUT2D eigenvalue weighted by Crippen LogP contribution is -2.17. The SMILES string of the molecule is CCC/C=C\COC(=O)C(=O)c1ccccc1. The number of hydrogen-bond acceptors (Lipinski definition) is 3. The Kier molecular flexibility index (Phi) is 5.72. The molecule has 3 heteroatoms. The largest absolute Gasteiger partial charge is 0.455 e. The molecular weight excluding hydrogens is 216 g/mol. The summed E-state index contributed by atoms with van der Waals surface area (Å²) in [5.74, 6) is -1.41. The zero-order valence-corrected chi connectivity index (χ0v) is 9.89. The van der Waals surface area contributed by atoms with Crippen LogP contribution in [0.15, 0.2) is 42.5 Å². The summed E-state index contributed by atoms with van der Waals surface area (Å²) in [5.41, 5.74) is 0.357. The van der Waals surface area contributed by atoms with Gasteiger partial charge in [0.2, 0.25) is 0 Å². The monoisotopic (exact) mass is 232 g/mol. The number of ketones is 1. The first-order valence-corrected chi connectivity index (χ1v) is 5.67. The lowest BCUT2D eigenvalue weighted by atomic mass is 10.1. The topological polar surface area (TPSA) is 43.4 Å². The van der Waals surface area contributed by atoms with Crippen LogP contribution in [-0.4, -0.2) is 18.4 Å². The van der Waals surface area contributed by atoms with Crippen molar-refractivity contribution in [2.75, 3.05) is 6.61 Å². The lowest BCUT2D eigenvalue weighted by molar-refractivity contribution is -0.136. The third kappa shape index (κ3) is 4.64. The van der Waals surface area contributed by atoms with Gasteiger partial charge in [-0.15, -0.1) is 0 Å². The van der Waals surface area contributed by atoms with Gasteiger partial charge in [0.25, 0.3) is 5.78 Å². The molecular formula is C14H16O3. The van der Waals surface area contributed by atoms with Crippen LogP contribution in [0.5, 0.6) is 0 Å². The van der Waals surface area contributed by atoms with Gasteiger partial charge in [0.15, 0.2) is 0 Å². The maximum absolute atomic E-state index is 11.6. The fourth-order valence-corrected chi connectivity index (χ4v) is 1.25. The molecule has 1 aromatic carbocycles. The number of hydrogen-bond donors (Lipinski definition) is 0. The minimum Gasteiger partial charge on any atom is -0.455 e. The maximum atomic E-state index is 11.6. The van der Waals surface area contributed by atoms with Crippen molar-refractivity contribution in [1.82, 2.24) is 0 Å². The average molecular weight is 232 g/mol. The van der Waals surface area contributed by atoms with E-state index in [-0.39, 0.29) is 6.61 Å². The minimum atomic E-state index is -0.808. The summed E-state index contributed by atoms with van der Waals surface area (Å²) < 4.78 is 4.83. The molecule has 0 unspecified atom stereocenters. The normalized spacial score (nSPS) is 10.4. The van der Waals surface area contributed by atoms with Crippen LogP contribution in [0.1, 0.15) is 30.1 Å². The molecule has 0 amide bonds. The molecule has 3 nitrogen and oxygen atoms in total. The second-order valence-corrected chi connectivity index (χ2v) is 3.55. The predicted octanol–water partition coefficient (Wildman–Crippen LogP) is 2.77. The van der Waals surface area contributed by atoms with Crippen molar-refractivity contribution in [3.05, 3.63) is 48.0 Å². The van der Waals surface area contributed by atoms with Crippen molar-refractivity contribution < 1.29 is 14.3 Å². The molecule has 0 fully saturated rings. The summed E-state index contributed by atoms with van der Waals surface area (Å²) in [5, 5.41) is 0. The van der Waals surface area contributed by atoms with Crippen LogP contribution in [0.2, 0.25) is 0 Å². The Bertz CT molecular complexity index is 393. The van der Waals surface area contributed by atoms with Crippen LogP contribution in [0.25, 0.3) is 0 Å². The first-order valence-electron chi connectivity index (χ1n) is 5.67. The molecule has 1 aromatic rings. The highest BCUT2D eigenvalue weighted by Gasteiger charge is 2.16. The predicted molar refractivity (Wildman–Crippen MR) is 65.8 cm³/mol. The van der Waals surface area contributed by atoms with Crippen LogP contribution in [0.3, 0.4) is 0 Å². The summed E-state index contributed by atoms with van der Waals surface area (Å²) in [6.45, 7) is 2.21. The van der Waals surface area contributed by atoms with Crippen LogP contribution < -0.4 is 0 Å². The maximum Gasteiger partial charge on any atom is 0.379 e. The number of unbranched alkanes of at least 4 members (excludes halogenated alkanes) is 1. The molecule has 0 radical (unpaired) electrons. The van der Waals surface area contributed by atoms with Crippen LogP contribution in [0.4, 0.5) is 0 Å². The molecule has 0 aliphatic carbocycles. The molecule has 0 saturated carbocycles. The van der Waals surface area contributed by atoms with Crippen molar-refractivity contribution in [1.29, 1.82) is 0 Å². The van der Waals surface area contributed by atoms with Gasteiger partial charge in [0, 0.05) is 5.56 Å². The standard InChI is InChI=1S/C14H16O3/c1-2-3-4-8-11-17-14(16)13(15)12-9-6-5-7-10-12/h4-10H,2-3,11H2,1H3/b8-4-. The molecule has 90 valence electrons. The number of esters is 1. The van der Waals surface area contributed by atoms with Crippen LogP contribution in [0, 0.1) is 0 Å². The highest BCUT2D eigenvalue weighted by molar-refractivity contribution is 6.40. The van der Waals surface area contributed by atoms with E-state index in [1.807, 2.05) is 6.08 Å². The van der Waals surface area contributed by atoms with Crippen molar-refractivity contribution in [2.45, 2.75) is 19.8 Å². The van der Waals surface area contributed by atoms with E-state index in [1.54, 1.807) is 36.4 Å². The molecule has 0 aromatic heterocycles. The zero-order chi connectivity index (χ0) is 12.5. The summed E-state index contributed by atoms with van der Waals surface area (Å²) >= 11 is 0. The Hall–Kier alpha value is -1.90. The number of Topliss-reactive ketones (excluding diaryl/α,β-unsaturated/α-hetero) is 1. The zero-order valence-electron chi connectivity index (χ0n) is 9.89. The minimum absolute atomic E-state index is 0.150. The summed E-state index contributed by atoms with van der Waals surface area (Å²) in [6, 6.07) is 8.39. The molecule has 1 rings (SSSR count). The van der Waals surface area contributed by atoms with E-state index in [0.717, 1.165) is 12.8 Å². The smallest absolute Gasteiger partial charge is 0.379 e. The Morgan fingerprint density at radius 1 is 1.18 bits per heavy atom. The Balaban J connectivity index is 2.41. The number of ether oxygens (including phenoxy) is 1. The van der Waals surface area contributed by atoms with Gasteiger partial charge in [0.1, 0.15) is 6.61 Å². The molecule has 0 spiro atoms. The van der Waals surface area contributed by atoms with Crippen LogP contribution in [-0.2, 0) is 9.53 Å². The van der Waals surface area contributed by atoms with Crippen molar-refractivity contribution >= 4 is 11.8 Å². The molecule has 0 atom stereocenters. The summed E-state index contributed by atoms with van der Waals surface area (Å²) in [6.07, 6.45) is 5.68. The number of carbonyl (C=O) groups excluding carboxylic acids is 2. The number of carbonyl (C=O) groups is 2. The number of allylic oxidation sites excluding steroid dienone is 1. The van der Waals surface area contributed by atoms with Crippen molar-refractivity contribution in [3.8, 4) is 0 Å². The second kappa shape index (κ2) is 7.39. The molecule has 0 saturated heterocycles. The summed E-state index contributed by atoms with van der Waals surface area (Å²) in [4.78, 5) is 22.9. The Morgan fingerprint density at radius 2 is 1.88 bits per heavy atom. The third-order valence-corrected chi connectivity index (χ3v) is 2.15. The van der Waals surface area contributed by atoms with E-state index in [0.29, 0.717) is 5.56 Å². The molecule has 0 heterocycles. The average Bonchev–Trinajstić information content (AvgIpc) is 2.38. The lowest BCUT2D eigenvalue weighted by Gasteiger charge is -2.00. The Labute approximate surface area is 101 Å². The van der Waals surface area contributed by atoms with E-state index in [4.69, 9.17) is 4.74 Å². The second-order valence-electron chi connectivity index (χ2n) is 3.55. The van der Waals surface area contributed by atoms with E-state index in [9.17, 15) is 9.59 Å². The van der Waals surface area contributed by atoms with E-state index >= 15 is 0 Å². The molecule has 0 bridgehead atoms. The quantitative estimate of drug-likeness (QED) is 0.328. The Morgan fingerprint density at radius 3 is 2.53 bits per heavy atom. The first-order chi connectivity index (χ1) is 8.25. The first kappa shape index (κ1) is 13.2. The molecule has 17 heavy (non-hydrogen) atoms. The van der Waals surface area contributed by atoms with Gasteiger partial charge < -0.3 is 4.74 Å². The highest BCUT2D eigenvalue weighted by Crippen LogP contribution is 2.01. The fraction of sp³-hybridized carbons (Fsp3) is 0.286. The number of benzene rings is 1. The summed E-state index contributed by atoms with van der Waals surface area (Å²) in [7, 11) is 0. The highest BCUT2D eigenvalue weighted by atomic mass is 16.5. The van der Waals surface area contributed by atoms with Gasteiger partial charge in [-0.05, 0) is 6.42 Å². The van der Waals surface area contributed by atoms with Gasteiger partial charge >= 0.3 is 5.97 Å². The molecule has 0 N–H and O–H groups in total. The van der Waals surface area contributed by atoms with Gasteiger partial charge in [-0.2, -0.15) is 0 Å². The van der Waals surface area contributed by atoms with Crippen molar-refractivity contribution in [2.24, 2.45) is 0 Å². The van der Waals surface area contributed by atoms with Crippen LogP contribution >= 0.6 is 0 Å². The third-order valence-electron chi connectivity index (χ3n) is 2.15. The van der Waals surface area contributed by atoms with Gasteiger partial charge in [-0.25, -0.2) is 4.79 Å². The van der Waals surface area contributed by atoms with E-state index in [2.05, 4.69) is 6.92 Å². The van der Waals surface area contributed by atoms with E-state index in [1.165, 1.54) is 0 Å². The molecule has 0 aliphatic rings. The fourth-order valence-electron chi connectivity index (χ4n) is 1.25. The van der Waals surface area contributed by atoms with Gasteiger partial charge in [0.05, 0.1) is 0 Å². The molecule has 0 aliphatic heterocycles. The van der Waals surface area contributed by atoms with Gasteiger partial charge in [-0.3, -0.25) is 4.79 Å². The number of rotatable bonds is 6. The van der Waals surface area contributed by atoms with Gasteiger partial charge in [-0.1, -0.05) is 55.8 Å².